The van der Waals surface area contributed by atoms with Crippen molar-refractivity contribution in [2.24, 2.45) is 4.99 Å². The van der Waals surface area contributed by atoms with Crippen molar-refractivity contribution in [1.82, 2.24) is 9.55 Å². The maximum Gasteiger partial charge on any atom is 0.128 e. The Hall–Kier alpha value is -4.34. The summed E-state index contributed by atoms with van der Waals surface area (Å²) in [6.45, 7) is 7.14. The molecule has 0 N–H and O–H groups in total. The van der Waals surface area contributed by atoms with Crippen molar-refractivity contribution in [3.8, 4) is 6.07 Å². The van der Waals surface area contributed by atoms with E-state index < -0.39 is 0 Å². The van der Waals surface area contributed by atoms with Crippen LogP contribution in [0.1, 0.15) is 33.6 Å². The minimum absolute atomic E-state index is 0.314. The van der Waals surface area contributed by atoms with Crippen LogP contribution in [0.5, 0.6) is 0 Å². The Morgan fingerprint density at radius 2 is 1.97 bits per heavy atom. The highest BCUT2D eigenvalue weighted by atomic mass is 19.1. The van der Waals surface area contributed by atoms with E-state index in [0.717, 1.165) is 40.2 Å². The van der Waals surface area contributed by atoms with Gasteiger partial charge in [0.1, 0.15) is 11.6 Å². The molecular weight excluding hydrogens is 463 g/mol. The quantitative estimate of drug-likeness (QED) is 0.189. The lowest BCUT2D eigenvalue weighted by molar-refractivity contribution is 0.187. The number of benzene rings is 3. The summed E-state index contributed by atoms with van der Waals surface area (Å²) in [6.07, 6.45) is 6.68. The summed E-state index contributed by atoms with van der Waals surface area (Å²) < 4.78 is 21.6. The van der Waals surface area contributed by atoms with Crippen LogP contribution in [0.4, 0.5) is 4.39 Å². The molecule has 0 unspecified atom stereocenters. The predicted octanol–water partition coefficient (Wildman–Crippen LogP) is 6.43. The number of halogens is 1. The second-order valence-corrected chi connectivity index (χ2v) is 8.80. The fourth-order valence-corrected chi connectivity index (χ4v) is 4.21. The maximum atomic E-state index is 14.1. The Balaban J connectivity index is 1.48. The van der Waals surface area contributed by atoms with Crippen molar-refractivity contribution >= 4 is 23.4 Å². The number of methoxy groups -OCH3 is 1. The third kappa shape index (κ3) is 6.27. The van der Waals surface area contributed by atoms with Crippen LogP contribution in [-0.4, -0.2) is 30.0 Å². The smallest absolute Gasteiger partial charge is 0.128 e. The first-order valence-electron chi connectivity index (χ1n) is 12.1. The van der Waals surface area contributed by atoms with Gasteiger partial charge in [0.2, 0.25) is 0 Å². The lowest BCUT2D eigenvalue weighted by Gasteiger charge is -2.09. The van der Waals surface area contributed by atoms with E-state index in [1.165, 1.54) is 11.6 Å². The minimum Gasteiger partial charge on any atom is -0.383 e. The van der Waals surface area contributed by atoms with Crippen molar-refractivity contribution in [2.75, 3.05) is 13.7 Å². The first kappa shape index (κ1) is 25.7. The van der Waals surface area contributed by atoms with Crippen LogP contribution in [0.25, 0.3) is 16.7 Å². The van der Waals surface area contributed by atoms with Crippen LogP contribution in [0.15, 0.2) is 83.9 Å². The van der Waals surface area contributed by atoms with E-state index in [1.54, 1.807) is 19.2 Å². The molecule has 0 bridgehead atoms. The second kappa shape index (κ2) is 12.1. The molecule has 1 heterocycles. The molecule has 4 aromatic rings. The molecule has 0 amide bonds. The Labute approximate surface area is 216 Å². The number of aryl methyl sites for hydroxylation is 1. The summed E-state index contributed by atoms with van der Waals surface area (Å²) in [4.78, 5) is 9.06. The highest BCUT2D eigenvalue weighted by molar-refractivity contribution is 5.77. The number of rotatable bonds is 10. The molecule has 0 spiro atoms. The van der Waals surface area contributed by atoms with Crippen molar-refractivity contribution in [3.63, 3.8) is 0 Å². The van der Waals surface area contributed by atoms with Crippen molar-refractivity contribution in [2.45, 2.75) is 26.3 Å². The molecule has 0 aliphatic heterocycles. The van der Waals surface area contributed by atoms with Gasteiger partial charge in [-0.3, -0.25) is 4.99 Å². The summed E-state index contributed by atoms with van der Waals surface area (Å²) in [7, 11) is 1.71. The van der Waals surface area contributed by atoms with E-state index in [2.05, 4.69) is 53.5 Å². The number of fused-ring (bicyclic) bond motifs is 1. The lowest BCUT2D eigenvalue weighted by Crippen LogP contribution is -2.09. The van der Waals surface area contributed by atoms with Crippen LogP contribution >= 0.6 is 0 Å². The van der Waals surface area contributed by atoms with Crippen molar-refractivity contribution in [3.05, 3.63) is 118 Å². The van der Waals surface area contributed by atoms with Gasteiger partial charge >= 0.3 is 0 Å². The summed E-state index contributed by atoms with van der Waals surface area (Å²) in [5.74, 6) is 0.622. The van der Waals surface area contributed by atoms with E-state index in [-0.39, 0.29) is 5.82 Å². The first-order chi connectivity index (χ1) is 18.0. The number of nitrogens with zero attached hydrogens (tertiary/aromatic N) is 4. The van der Waals surface area contributed by atoms with Gasteiger partial charge in [0.25, 0.3) is 0 Å². The molecule has 0 atom stereocenters. The lowest BCUT2D eigenvalue weighted by atomic mass is 10.1. The zero-order chi connectivity index (χ0) is 26.2. The van der Waals surface area contributed by atoms with E-state index in [4.69, 9.17) is 15.0 Å². The Kier molecular flexibility index (Phi) is 8.40. The molecule has 0 saturated carbocycles. The van der Waals surface area contributed by atoms with Gasteiger partial charge in [0.05, 0.1) is 35.0 Å². The highest BCUT2D eigenvalue weighted by Gasteiger charge is 2.12. The molecule has 0 fully saturated rings. The van der Waals surface area contributed by atoms with Gasteiger partial charge in [-0.15, -0.1) is 0 Å². The topological polar surface area (TPSA) is 63.2 Å². The fourth-order valence-electron chi connectivity index (χ4n) is 4.21. The summed E-state index contributed by atoms with van der Waals surface area (Å²) in [5, 5.41) is 8.87. The molecule has 0 radical (unpaired) electrons. The largest absolute Gasteiger partial charge is 0.383 e. The maximum absolute atomic E-state index is 14.1. The fraction of sp³-hybridized carbons (Fsp3) is 0.194. The molecule has 1 aromatic heterocycles. The number of allylic oxidation sites excluding steroid dienone is 3. The summed E-state index contributed by atoms with van der Waals surface area (Å²) >= 11 is 0. The zero-order valence-electron chi connectivity index (χ0n) is 21.1. The normalized spacial score (nSPS) is 11.8. The highest BCUT2D eigenvalue weighted by Crippen LogP contribution is 2.22. The van der Waals surface area contributed by atoms with Crippen molar-refractivity contribution in [1.29, 1.82) is 5.26 Å². The molecule has 4 rings (SSSR count). The monoisotopic (exact) mass is 492 g/mol. The summed E-state index contributed by atoms with van der Waals surface area (Å²) in [5.41, 5.74) is 6.96. The SMILES string of the molecule is C=N/C(=C\C=C/Cc1ccc(C#N)cc1F)c1ccc(Cc2nc3cc(C)ccc3n2CCOC)cc1. The number of ether oxygens (including phenoxy) is 1. The standard InChI is InChI=1S/C31H29FN4O/c1-22-8-15-30-29(18-22)35-31(36(30)16-17-37-3)20-23-9-13-26(14-10-23)28(34-2)7-5-4-6-25-12-11-24(21-33)19-27(25)32/h4-5,7-15,18-19H,2,6,16-17,20H2,1,3H3/b5-4-,28-7-. The average molecular weight is 493 g/mol. The van der Waals surface area contributed by atoms with Gasteiger partial charge in [0.15, 0.2) is 0 Å². The Morgan fingerprint density at radius 3 is 2.68 bits per heavy atom. The van der Waals surface area contributed by atoms with Gasteiger partial charge in [-0.25, -0.2) is 9.37 Å². The van der Waals surface area contributed by atoms with Crippen LogP contribution < -0.4 is 0 Å². The molecule has 0 aliphatic carbocycles. The molecule has 5 nitrogen and oxygen atoms in total. The van der Waals surface area contributed by atoms with Gasteiger partial charge in [-0.05, 0) is 67.1 Å². The van der Waals surface area contributed by atoms with Crippen molar-refractivity contribution < 1.29 is 9.13 Å². The van der Waals surface area contributed by atoms with Gasteiger partial charge in [0, 0.05) is 25.6 Å². The van der Waals surface area contributed by atoms with E-state index in [9.17, 15) is 4.39 Å². The van der Waals surface area contributed by atoms with Crippen LogP contribution in [0.3, 0.4) is 0 Å². The molecular formula is C31H29FN4O. The minimum atomic E-state index is -0.378. The van der Waals surface area contributed by atoms with E-state index >= 15 is 0 Å². The number of imidazole rings is 1. The third-order valence-corrected chi connectivity index (χ3v) is 6.19. The summed E-state index contributed by atoms with van der Waals surface area (Å²) in [6, 6.07) is 21.0. The molecule has 0 saturated heterocycles. The molecule has 3 aromatic carbocycles. The van der Waals surface area contributed by atoms with Gasteiger partial charge in [-0.2, -0.15) is 5.26 Å². The first-order valence-corrected chi connectivity index (χ1v) is 12.1. The molecule has 186 valence electrons. The predicted molar refractivity (Wildman–Crippen MR) is 147 cm³/mol. The van der Waals surface area contributed by atoms with E-state index in [0.29, 0.717) is 30.6 Å². The van der Waals surface area contributed by atoms with Crippen LogP contribution in [0.2, 0.25) is 0 Å². The second-order valence-electron chi connectivity index (χ2n) is 8.80. The van der Waals surface area contributed by atoms with Crippen LogP contribution in [-0.2, 0) is 24.1 Å². The number of hydrogen-bond donors (Lipinski definition) is 0. The number of nitriles is 1. The molecule has 0 aliphatic rings. The van der Waals surface area contributed by atoms with Gasteiger partial charge < -0.3 is 9.30 Å². The number of hydrogen-bond acceptors (Lipinski definition) is 4. The Morgan fingerprint density at radius 1 is 1.16 bits per heavy atom. The zero-order valence-corrected chi connectivity index (χ0v) is 21.1. The number of aliphatic imine (C=N–C) groups is 1. The average Bonchev–Trinajstić information content (AvgIpc) is 3.24. The van der Waals surface area contributed by atoms with Gasteiger partial charge in [-0.1, -0.05) is 48.6 Å². The third-order valence-electron chi connectivity index (χ3n) is 6.19. The molecule has 6 heteroatoms. The number of aromatic nitrogens is 2. The molecule has 37 heavy (non-hydrogen) atoms. The Bertz CT molecular complexity index is 1510. The van der Waals surface area contributed by atoms with Crippen LogP contribution in [0, 0.1) is 24.1 Å². The van der Waals surface area contributed by atoms with E-state index in [1.807, 2.05) is 36.4 Å².